The molecule has 0 atom stereocenters. The summed E-state index contributed by atoms with van der Waals surface area (Å²) in [7, 11) is 0. The van der Waals surface area contributed by atoms with Gasteiger partial charge in [-0.25, -0.2) is 0 Å². The molecular formula is C38H23NS. The van der Waals surface area contributed by atoms with E-state index in [2.05, 4.69) is 144 Å². The summed E-state index contributed by atoms with van der Waals surface area (Å²) in [6, 6.07) is 51.3. The molecule has 0 N–H and O–H groups in total. The van der Waals surface area contributed by atoms with E-state index in [0.717, 1.165) is 0 Å². The van der Waals surface area contributed by atoms with E-state index in [-0.39, 0.29) is 0 Å². The Morgan fingerprint density at radius 1 is 0.400 bits per heavy atom. The van der Waals surface area contributed by atoms with E-state index in [0.29, 0.717) is 0 Å². The maximum Gasteiger partial charge on any atom is 0.0555 e. The number of hydrogen-bond acceptors (Lipinski definition) is 1. The molecule has 0 bridgehead atoms. The highest BCUT2D eigenvalue weighted by Gasteiger charge is 2.16. The molecule has 2 heterocycles. The zero-order chi connectivity index (χ0) is 26.2. The molecule has 0 amide bonds. The van der Waals surface area contributed by atoms with E-state index in [1.807, 2.05) is 11.3 Å². The first kappa shape index (κ1) is 22.0. The number of fused-ring (bicyclic) bond motifs is 9. The molecule has 7 aromatic carbocycles. The van der Waals surface area contributed by atoms with Crippen LogP contribution in [0, 0.1) is 0 Å². The van der Waals surface area contributed by atoms with Crippen molar-refractivity contribution in [3.05, 3.63) is 140 Å². The van der Waals surface area contributed by atoms with Crippen LogP contribution in [-0.2, 0) is 0 Å². The molecule has 0 saturated heterocycles. The van der Waals surface area contributed by atoms with Crippen LogP contribution in [0.5, 0.6) is 0 Å². The molecule has 40 heavy (non-hydrogen) atoms. The highest BCUT2D eigenvalue weighted by molar-refractivity contribution is 7.25. The molecule has 0 saturated carbocycles. The molecule has 9 rings (SSSR count). The van der Waals surface area contributed by atoms with Crippen LogP contribution >= 0.6 is 11.3 Å². The number of rotatable bonds is 2. The predicted octanol–water partition coefficient (Wildman–Crippen LogP) is 11.1. The van der Waals surface area contributed by atoms with Gasteiger partial charge in [-0.2, -0.15) is 0 Å². The van der Waals surface area contributed by atoms with E-state index in [1.54, 1.807) is 0 Å². The Morgan fingerprint density at radius 2 is 1.12 bits per heavy atom. The number of thiophene rings is 1. The van der Waals surface area contributed by atoms with E-state index in [1.165, 1.54) is 80.3 Å². The zero-order valence-corrected chi connectivity index (χ0v) is 22.5. The van der Waals surface area contributed by atoms with Crippen LogP contribution in [0.1, 0.15) is 0 Å². The summed E-state index contributed by atoms with van der Waals surface area (Å²) in [4.78, 5) is 0. The van der Waals surface area contributed by atoms with Crippen molar-refractivity contribution in [3.63, 3.8) is 0 Å². The standard InChI is InChI=1S/C38H23NS/c1-2-13-27-25(10-1)21-32(29-15-4-3-14-28(27)29)24-11-9-12-26(20-24)39-35-18-7-5-16-30(35)33-22-34-31-17-6-8-19-37(31)40-38(34)23-36(33)39/h1-23H. The average Bonchev–Trinajstić information content (AvgIpc) is 3.54. The second-order valence-electron chi connectivity index (χ2n) is 10.6. The molecule has 0 aliphatic heterocycles. The van der Waals surface area contributed by atoms with Crippen molar-refractivity contribution in [3.8, 4) is 16.8 Å². The van der Waals surface area contributed by atoms with Crippen LogP contribution in [-0.4, -0.2) is 4.57 Å². The van der Waals surface area contributed by atoms with Crippen molar-refractivity contribution in [2.75, 3.05) is 0 Å². The van der Waals surface area contributed by atoms with E-state index < -0.39 is 0 Å². The highest BCUT2D eigenvalue weighted by atomic mass is 32.1. The summed E-state index contributed by atoms with van der Waals surface area (Å²) < 4.78 is 5.11. The zero-order valence-electron chi connectivity index (χ0n) is 21.6. The van der Waals surface area contributed by atoms with Crippen LogP contribution in [0.3, 0.4) is 0 Å². The van der Waals surface area contributed by atoms with Crippen molar-refractivity contribution in [1.82, 2.24) is 4.57 Å². The van der Waals surface area contributed by atoms with Gasteiger partial charge in [0.05, 0.1) is 11.0 Å². The molecule has 1 nitrogen and oxygen atoms in total. The second-order valence-corrected chi connectivity index (χ2v) is 11.6. The van der Waals surface area contributed by atoms with Gasteiger partial charge in [0.2, 0.25) is 0 Å². The smallest absolute Gasteiger partial charge is 0.0555 e. The molecule has 0 aliphatic carbocycles. The van der Waals surface area contributed by atoms with Crippen molar-refractivity contribution < 1.29 is 0 Å². The van der Waals surface area contributed by atoms with E-state index >= 15 is 0 Å². The lowest BCUT2D eigenvalue weighted by molar-refractivity contribution is 1.18. The van der Waals surface area contributed by atoms with Gasteiger partial charge in [-0.1, -0.05) is 97.1 Å². The monoisotopic (exact) mass is 525 g/mol. The topological polar surface area (TPSA) is 4.93 Å². The van der Waals surface area contributed by atoms with Gasteiger partial charge in [-0.15, -0.1) is 11.3 Å². The lowest BCUT2D eigenvalue weighted by atomic mass is 9.93. The fraction of sp³-hybridized carbons (Fsp3) is 0. The number of aromatic nitrogens is 1. The molecule has 9 aromatic rings. The van der Waals surface area contributed by atoms with Gasteiger partial charge in [0.25, 0.3) is 0 Å². The Balaban J connectivity index is 1.34. The number of hydrogen-bond donors (Lipinski definition) is 0. The molecular weight excluding hydrogens is 502 g/mol. The third kappa shape index (κ3) is 3.08. The minimum Gasteiger partial charge on any atom is -0.309 e. The Labute approximate surface area is 235 Å². The molecule has 186 valence electrons. The molecule has 0 fully saturated rings. The molecule has 2 aromatic heterocycles. The SMILES string of the molecule is c1cc(-c2cc3ccccc3c3ccccc23)cc(-n2c3ccccc3c3cc4c(cc32)sc2ccccc24)c1. The highest BCUT2D eigenvalue weighted by Crippen LogP contribution is 2.41. The molecule has 0 radical (unpaired) electrons. The van der Waals surface area contributed by atoms with Gasteiger partial charge in [0.1, 0.15) is 0 Å². The number of benzene rings is 7. The van der Waals surface area contributed by atoms with Crippen molar-refractivity contribution >= 4 is 74.9 Å². The number of nitrogens with zero attached hydrogens (tertiary/aromatic N) is 1. The maximum absolute atomic E-state index is 2.45. The van der Waals surface area contributed by atoms with Gasteiger partial charge in [0, 0.05) is 36.6 Å². The maximum atomic E-state index is 2.45. The van der Waals surface area contributed by atoms with E-state index in [4.69, 9.17) is 0 Å². The van der Waals surface area contributed by atoms with Gasteiger partial charge in [-0.3, -0.25) is 0 Å². The van der Waals surface area contributed by atoms with Crippen LogP contribution in [0.4, 0.5) is 0 Å². The van der Waals surface area contributed by atoms with Crippen molar-refractivity contribution in [2.24, 2.45) is 0 Å². The Kier molecular flexibility index (Phi) is 4.55. The third-order valence-electron chi connectivity index (χ3n) is 8.35. The summed E-state index contributed by atoms with van der Waals surface area (Å²) in [6.45, 7) is 0. The third-order valence-corrected chi connectivity index (χ3v) is 9.49. The minimum atomic E-state index is 1.18. The largest absolute Gasteiger partial charge is 0.309 e. The van der Waals surface area contributed by atoms with Crippen LogP contribution in [0.2, 0.25) is 0 Å². The van der Waals surface area contributed by atoms with Crippen LogP contribution < -0.4 is 0 Å². The predicted molar refractivity (Wildman–Crippen MR) is 174 cm³/mol. The normalized spacial score (nSPS) is 12.0. The fourth-order valence-electron chi connectivity index (χ4n) is 6.57. The van der Waals surface area contributed by atoms with Gasteiger partial charge in [-0.05, 0) is 75.1 Å². The quantitative estimate of drug-likeness (QED) is 0.198. The minimum absolute atomic E-state index is 1.18. The molecule has 0 aliphatic rings. The average molecular weight is 526 g/mol. The lowest BCUT2D eigenvalue weighted by Gasteiger charge is -2.14. The van der Waals surface area contributed by atoms with Crippen molar-refractivity contribution in [2.45, 2.75) is 0 Å². The summed E-state index contributed by atoms with van der Waals surface area (Å²) in [5.74, 6) is 0. The molecule has 0 spiro atoms. The summed E-state index contributed by atoms with van der Waals surface area (Å²) >= 11 is 1.88. The number of para-hydroxylation sites is 1. The Hall–Kier alpha value is -4.92. The Bertz CT molecular complexity index is 2440. The molecule has 0 unspecified atom stereocenters. The first-order valence-corrected chi connectivity index (χ1v) is 14.5. The van der Waals surface area contributed by atoms with Crippen molar-refractivity contribution in [1.29, 1.82) is 0 Å². The Morgan fingerprint density at radius 3 is 2.02 bits per heavy atom. The first-order valence-electron chi connectivity index (χ1n) is 13.7. The van der Waals surface area contributed by atoms with Gasteiger partial charge in [0.15, 0.2) is 0 Å². The second kappa shape index (κ2) is 8.29. The fourth-order valence-corrected chi connectivity index (χ4v) is 7.69. The summed E-state index contributed by atoms with van der Waals surface area (Å²) in [6.07, 6.45) is 0. The molecule has 2 heteroatoms. The van der Waals surface area contributed by atoms with E-state index in [9.17, 15) is 0 Å². The van der Waals surface area contributed by atoms with Crippen LogP contribution in [0.15, 0.2) is 140 Å². The summed E-state index contributed by atoms with van der Waals surface area (Å²) in [5.41, 5.74) is 6.17. The summed E-state index contributed by atoms with van der Waals surface area (Å²) in [5, 5.41) is 10.4. The van der Waals surface area contributed by atoms with Gasteiger partial charge < -0.3 is 4.57 Å². The van der Waals surface area contributed by atoms with Crippen LogP contribution in [0.25, 0.3) is 80.3 Å². The lowest BCUT2D eigenvalue weighted by Crippen LogP contribution is -1.94. The first-order chi connectivity index (χ1) is 19.8. The van der Waals surface area contributed by atoms with Gasteiger partial charge >= 0.3 is 0 Å².